The predicted octanol–water partition coefficient (Wildman–Crippen LogP) is 1.02. The van der Waals surface area contributed by atoms with Gasteiger partial charge in [-0.3, -0.25) is 9.00 Å². The lowest BCUT2D eigenvalue weighted by Gasteiger charge is -2.09. The second kappa shape index (κ2) is 7.94. The van der Waals surface area contributed by atoms with Gasteiger partial charge in [-0.15, -0.1) is 0 Å². The van der Waals surface area contributed by atoms with E-state index in [9.17, 15) is 9.00 Å². The van der Waals surface area contributed by atoms with Crippen LogP contribution in [0.15, 0.2) is 0 Å². The highest BCUT2D eigenvalue weighted by atomic mass is 32.2. The highest BCUT2D eigenvalue weighted by Crippen LogP contribution is 2.04. The molecule has 0 heterocycles. The Balaban J connectivity index is 3.76. The maximum Gasteiger partial charge on any atom is 0.319 e. The van der Waals surface area contributed by atoms with Crippen molar-refractivity contribution in [1.82, 2.24) is 0 Å². The summed E-state index contributed by atoms with van der Waals surface area (Å²) >= 11 is 0. The van der Waals surface area contributed by atoms with Gasteiger partial charge in [0.1, 0.15) is 5.25 Å². The van der Waals surface area contributed by atoms with E-state index in [0.29, 0.717) is 31.8 Å². The minimum Gasteiger partial charge on any atom is -0.480 e. The number of carboxylic acid groups (broad SMARTS) is 1. The monoisotopic (exact) mass is 222 g/mol. The fourth-order valence-electron chi connectivity index (χ4n) is 1.06. The molecular weight excluding hydrogens is 204 g/mol. The topological polar surface area (TPSA) is 63.6 Å². The van der Waals surface area contributed by atoms with Crippen LogP contribution in [0.1, 0.15) is 26.7 Å². The smallest absolute Gasteiger partial charge is 0.319 e. The number of hydrogen-bond donors (Lipinski definition) is 1. The Morgan fingerprint density at radius 2 is 2.14 bits per heavy atom. The van der Waals surface area contributed by atoms with Crippen molar-refractivity contribution < 1.29 is 18.8 Å². The van der Waals surface area contributed by atoms with Gasteiger partial charge in [0.2, 0.25) is 0 Å². The molecule has 0 aliphatic rings. The quantitative estimate of drug-likeness (QED) is 0.623. The molecule has 0 aromatic carbocycles. The van der Waals surface area contributed by atoms with E-state index >= 15 is 0 Å². The van der Waals surface area contributed by atoms with Crippen molar-refractivity contribution >= 4 is 16.8 Å². The molecular formula is C9H18O4S. The molecule has 0 aliphatic heterocycles. The van der Waals surface area contributed by atoms with Crippen molar-refractivity contribution in [2.75, 3.05) is 19.0 Å². The Hall–Kier alpha value is -0.420. The first-order chi connectivity index (χ1) is 6.63. The highest BCUT2D eigenvalue weighted by molar-refractivity contribution is 7.86. The molecule has 14 heavy (non-hydrogen) atoms. The van der Waals surface area contributed by atoms with E-state index < -0.39 is 22.0 Å². The number of ether oxygens (including phenoxy) is 1. The third-order valence-corrected chi connectivity index (χ3v) is 3.66. The number of carbonyl (C=O) groups is 1. The second-order valence-electron chi connectivity index (χ2n) is 2.87. The minimum absolute atomic E-state index is 0.408. The van der Waals surface area contributed by atoms with Crippen LogP contribution in [0.2, 0.25) is 0 Å². The molecule has 0 aromatic heterocycles. The molecule has 0 spiro atoms. The fraction of sp³-hybridized carbons (Fsp3) is 0.889. The number of carboxylic acids is 1. The lowest BCUT2D eigenvalue weighted by atomic mass is 10.3. The molecule has 0 aliphatic carbocycles. The van der Waals surface area contributed by atoms with Crippen LogP contribution in [0.25, 0.3) is 0 Å². The van der Waals surface area contributed by atoms with E-state index in [1.165, 1.54) is 0 Å². The standard InChI is InChI=1S/C9H18O4S/c1-3-8(9(10)11)14(12)7-5-6-13-4-2/h8H,3-7H2,1-2H3,(H,10,11). The normalized spacial score (nSPS) is 15.0. The molecule has 0 fully saturated rings. The minimum atomic E-state index is -1.27. The summed E-state index contributed by atoms with van der Waals surface area (Å²) in [6.45, 7) is 4.82. The average Bonchev–Trinajstić information content (AvgIpc) is 2.13. The van der Waals surface area contributed by atoms with Crippen LogP contribution in [0, 0.1) is 0 Å². The zero-order chi connectivity index (χ0) is 11.0. The van der Waals surface area contributed by atoms with Gasteiger partial charge in [0, 0.05) is 29.8 Å². The predicted molar refractivity (Wildman–Crippen MR) is 55.8 cm³/mol. The Kier molecular flexibility index (Phi) is 7.70. The van der Waals surface area contributed by atoms with Gasteiger partial charge in [0.05, 0.1) is 0 Å². The Morgan fingerprint density at radius 3 is 2.57 bits per heavy atom. The first-order valence-electron chi connectivity index (χ1n) is 4.81. The summed E-state index contributed by atoms with van der Waals surface area (Å²) in [7, 11) is -1.27. The van der Waals surface area contributed by atoms with Crippen LogP contribution in [0.3, 0.4) is 0 Å². The van der Waals surface area contributed by atoms with Crippen LogP contribution in [0.4, 0.5) is 0 Å². The van der Waals surface area contributed by atoms with Gasteiger partial charge in [-0.1, -0.05) is 6.92 Å². The van der Waals surface area contributed by atoms with Crippen LogP contribution >= 0.6 is 0 Å². The van der Waals surface area contributed by atoms with Crippen molar-refractivity contribution in [2.24, 2.45) is 0 Å². The molecule has 2 atom stereocenters. The third kappa shape index (κ3) is 5.34. The van der Waals surface area contributed by atoms with Crippen LogP contribution in [-0.2, 0) is 20.3 Å². The summed E-state index contributed by atoms with van der Waals surface area (Å²) < 4.78 is 16.5. The summed E-state index contributed by atoms with van der Waals surface area (Å²) in [4.78, 5) is 10.6. The lowest BCUT2D eigenvalue weighted by molar-refractivity contribution is -0.136. The van der Waals surface area contributed by atoms with Crippen molar-refractivity contribution in [1.29, 1.82) is 0 Å². The molecule has 0 aromatic rings. The molecule has 0 saturated carbocycles. The Labute approximate surface area is 87.1 Å². The molecule has 1 N–H and O–H groups in total. The van der Waals surface area contributed by atoms with E-state index in [1.807, 2.05) is 6.92 Å². The SMILES string of the molecule is CCOCCCS(=O)C(CC)C(=O)O. The third-order valence-electron chi connectivity index (χ3n) is 1.80. The summed E-state index contributed by atoms with van der Waals surface area (Å²) in [5.74, 6) is -0.563. The average molecular weight is 222 g/mol. The van der Waals surface area contributed by atoms with Crippen molar-refractivity contribution in [3.63, 3.8) is 0 Å². The highest BCUT2D eigenvalue weighted by Gasteiger charge is 2.21. The molecule has 84 valence electrons. The zero-order valence-corrected chi connectivity index (χ0v) is 9.51. The molecule has 0 radical (unpaired) electrons. The van der Waals surface area contributed by atoms with Crippen molar-refractivity contribution in [2.45, 2.75) is 31.9 Å². The summed E-state index contributed by atoms with van der Waals surface area (Å²) in [5, 5.41) is 8.00. The molecule has 2 unspecified atom stereocenters. The lowest BCUT2D eigenvalue weighted by Crippen LogP contribution is -2.26. The maximum absolute atomic E-state index is 11.5. The van der Waals surface area contributed by atoms with Gasteiger partial charge in [-0.2, -0.15) is 0 Å². The van der Waals surface area contributed by atoms with E-state index in [0.717, 1.165) is 0 Å². The van der Waals surface area contributed by atoms with Gasteiger partial charge in [-0.25, -0.2) is 0 Å². The first-order valence-corrected chi connectivity index (χ1v) is 6.19. The van der Waals surface area contributed by atoms with Gasteiger partial charge < -0.3 is 9.84 Å². The number of hydrogen-bond acceptors (Lipinski definition) is 3. The van der Waals surface area contributed by atoms with Crippen LogP contribution < -0.4 is 0 Å². The molecule has 5 heteroatoms. The summed E-state index contributed by atoms with van der Waals surface area (Å²) in [6.07, 6.45) is 1.07. The van der Waals surface area contributed by atoms with Crippen LogP contribution in [0.5, 0.6) is 0 Å². The van der Waals surface area contributed by atoms with Gasteiger partial charge in [0.25, 0.3) is 0 Å². The molecule has 4 nitrogen and oxygen atoms in total. The van der Waals surface area contributed by atoms with E-state index in [1.54, 1.807) is 6.92 Å². The van der Waals surface area contributed by atoms with Gasteiger partial charge >= 0.3 is 5.97 Å². The van der Waals surface area contributed by atoms with E-state index in [4.69, 9.17) is 9.84 Å². The first kappa shape index (κ1) is 13.6. The Morgan fingerprint density at radius 1 is 1.50 bits per heavy atom. The fourth-order valence-corrected chi connectivity index (χ4v) is 2.35. The summed E-state index contributed by atoms with van der Waals surface area (Å²) in [5.41, 5.74) is 0. The van der Waals surface area contributed by atoms with Gasteiger partial charge in [0.15, 0.2) is 0 Å². The van der Waals surface area contributed by atoms with Crippen molar-refractivity contribution in [3.05, 3.63) is 0 Å². The Bertz CT molecular complexity index is 193. The number of rotatable bonds is 8. The van der Waals surface area contributed by atoms with E-state index in [-0.39, 0.29) is 0 Å². The molecule has 0 rings (SSSR count). The van der Waals surface area contributed by atoms with Gasteiger partial charge in [-0.05, 0) is 19.8 Å². The molecule has 0 saturated heterocycles. The van der Waals surface area contributed by atoms with E-state index in [2.05, 4.69) is 0 Å². The zero-order valence-electron chi connectivity index (χ0n) is 8.69. The summed E-state index contributed by atoms with van der Waals surface area (Å²) in [6, 6.07) is 0. The second-order valence-corrected chi connectivity index (χ2v) is 4.61. The number of aliphatic carboxylic acids is 1. The van der Waals surface area contributed by atoms with Crippen LogP contribution in [-0.4, -0.2) is 39.5 Å². The molecule has 0 amide bonds. The van der Waals surface area contributed by atoms with Crippen molar-refractivity contribution in [3.8, 4) is 0 Å². The maximum atomic E-state index is 11.5. The molecule has 0 bridgehead atoms. The largest absolute Gasteiger partial charge is 0.480 e.